The molecule has 3 rings (SSSR count). The lowest BCUT2D eigenvalue weighted by Crippen LogP contribution is -2.29. The van der Waals surface area contributed by atoms with E-state index in [-0.39, 0.29) is 24.7 Å². The van der Waals surface area contributed by atoms with E-state index in [1.54, 1.807) is 18.2 Å². The summed E-state index contributed by atoms with van der Waals surface area (Å²) < 4.78 is 35.8. The average Bonchev–Trinajstić information content (AvgIpc) is 3.39. The summed E-state index contributed by atoms with van der Waals surface area (Å²) in [6.45, 7) is 6.95. The molecule has 15 heteroatoms. The monoisotopic (exact) mass is 639 g/mol. The summed E-state index contributed by atoms with van der Waals surface area (Å²) in [5, 5.41) is 14.2. The molecule has 0 aliphatic rings. The molecule has 0 spiro atoms. The van der Waals surface area contributed by atoms with E-state index in [0.29, 0.717) is 31.2 Å². The van der Waals surface area contributed by atoms with Gasteiger partial charge in [0.25, 0.3) is 5.08 Å². The Morgan fingerprint density at radius 1 is 1.00 bits per heavy atom. The first kappa shape index (κ1) is 34.6. The minimum absolute atomic E-state index is 0.104. The minimum Gasteiger partial charge on any atom is -0.494 e. The molecule has 2 aromatic carbocycles. The molecule has 0 aliphatic carbocycles. The molecule has 3 aromatic rings. The molecule has 0 bridgehead atoms. The number of ether oxygens (including phenoxy) is 2. The first-order valence-corrected chi connectivity index (χ1v) is 17.0. The van der Waals surface area contributed by atoms with Crippen molar-refractivity contribution in [2.75, 3.05) is 6.61 Å². The van der Waals surface area contributed by atoms with Crippen LogP contribution in [0.3, 0.4) is 0 Å². The zero-order valence-electron chi connectivity index (χ0n) is 24.3. The summed E-state index contributed by atoms with van der Waals surface area (Å²) >= 11 is 0. The molecular formula is C28H39N3O10P2. The molecule has 1 atom stereocenters. The lowest BCUT2D eigenvalue weighted by Gasteiger charge is -2.28. The molecule has 43 heavy (non-hydrogen) atoms. The zero-order valence-corrected chi connectivity index (χ0v) is 26.1. The van der Waals surface area contributed by atoms with Crippen LogP contribution in [0.1, 0.15) is 61.9 Å². The fraction of sp³-hybridized carbons (Fsp3) is 0.464. The second-order valence-electron chi connectivity index (χ2n) is 10.9. The average molecular weight is 640 g/mol. The van der Waals surface area contributed by atoms with E-state index in [9.17, 15) is 38.6 Å². The van der Waals surface area contributed by atoms with Crippen molar-refractivity contribution in [3.05, 3.63) is 77.1 Å². The van der Waals surface area contributed by atoms with E-state index in [0.717, 1.165) is 17.5 Å². The first-order valence-electron chi connectivity index (χ1n) is 13.8. The number of benzene rings is 2. The van der Waals surface area contributed by atoms with Gasteiger partial charge in [0.05, 0.1) is 18.2 Å². The van der Waals surface area contributed by atoms with Gasteiger partial charge in [-0.05, 0) is 54.5 Å². The Bertz CT molecular complexity index is 1430. The normalized spacial score (nSPS) is 13.2. The van der Waals surface area contributed by atoms with Crippen molar-refractivity contribution in [3.8, 4) is 5.75 Å². The summed E-state index contributed by atoms with van der Waals surface area (Å²) in [6, 6.07) is 15.2. The smallest absolute Gasteiger partial charge is 0.369 e. The molecule has 0 saturated heterocycles. The summed E-state index contributed by atoms with van der Waals surface area (Å²) in [4.78, 5) is 49.6. The molecule has 5 N–H and O–H groups in total. The van der Waals surface area contributed by atoms with Crippen LogP contribution in [-0.2, 0) is 44.7 Å². The molecule has 1 unspecified atom stereocenters. The van der Waals surface area contributed by atoms with Gasteiger partial charge in [0, 0.05) is 25.6 Å². The third kappa shape index (κ3) is 9.81. The van der Waals surface area contributed by atoms with Gasteiger partial charge in [0.1, 0.15) is 12.4 Å². The van der Waals surface area contributed by atoms with Crippen LogP contribution >= 0.6 is 15.2 Å². The highest BCUT2D eigenvalue weighted by molar-refractivity contribution is 7.72. The molecule has 0 aliphatic heterocycles. The highest BCUT2D eigenvalue weighted by Gasteiger charge is 2.58. The molecule has 1 aromatic heterocycles. The van der Waals surface area contributed by atoms with Crippen molar-refractivity contribution in [1.29, 1.82) is 0 Å². The van der Waals surface area contributed by atoms with Crippen LogP contribution in [0.15, 0.2) is 54.7 Å². The highest BCUT2D eigenvalue weighted by atomic mass is 31.2. The maximum Gasteiger partial charge on any atom is 0.369 e. The molecular weight excluding hydrogens is 600 g/mol. The SMILES string of the molecule is CC(C)Cc1ccc(C(C)C(=O)OCc2cccc(OCCCn3cc(CCC(O)(P(=O)(O)O)P(=O)(O)O)nn3)c2)cc1. The Morgan fingerprint density at radius 2 is 1.67 bits per heavy atom. The number of aryl methyl sites for hydroxylation is 2. The second-order valence-corrected chi connectivity index (χ2v) is 14.9. The van der Waals surface area contributed by atoms with E-state index in [2.05, 4.69) is 24.2 Å². The van der Waals surface area contributed by atoms with Crippen LogP contribution in [0.25, 0.3) is 0 Å². The van der Waals surface area contributed by atoms with Gasteiger partial charge in [0.15, 0.2) is 0 Å². The Kier molecular flexibility index (Phi) is 11.8. The highest BCUT2D eigenvalue weighted by Crippen LogP contribution is 2.69. The summed E-state index contributed by atoms with van der Waals surface area (Å²) in [6.07, 6.45) is 1.74. The van der Waals surface area contributed by atoms with Gasteiger partial charge in [-0.15, -0.1) is 5.10 Å². The van der Waals surface area contributed by atoms with Gasteiger partial charge >= 0.3 is 21.2 Å². The molecule has 0 fully saturated rings. The van der Waals surface area contributed by atoms with Crippen molar-refractivity contribution in [2.45, 2.75) is 70.6 Å². The summed E-state index contributed by atoms with van der Waals surface area (Å²) in [5.74, 6) is 0.440. The Hall–Kier alpha value is -2.89. The quantitative estimate of drug-likeness (QED) is 0.0865. The Morgan fingerprint density at radius 3 is 2.30 bits per heavy atom. The van der Waals surface area contributed by atoms with Crippen molar-refractivity contribution >= 4 is 21.2 Å². The predicted octanol–water partition coefficient (Wildman–Crippen LogP) is 3.73. The Balaban J connectivity index is 1.43. The maximum absolute atomic E-state index is 12.6. The lowest BCUT2D eigenvalue weighted by atomic mass is 9.97. The summed E-state index contributed by atoms with van der Waals surface area (Å²) in [5.41, 5.74) is 3.10. The van der Waals surface area contributed by atoms with Crippen LogP contribution in [0.5, 0.6) is 5.75 Å². The van der Waals surface area contributed by atoms with E-state index in [1.807, 2.05) is 37.3 Å². The number of aliphatic hydroxyl groups is 1. The van der Waals surface area contributed by atoms with Crippen molar-refractivity contribution < 1.29 is 48.1 Å². The number of aromatic nitrogens is 3. The minimum atomic E-state index is -5.53. The maximum atomic E-state index is 12.6. The zero-order chi connectivity index (χ0) is 31.8. The van der Waals surface area contributed by atoms with Gasteiger partial charge in [-0.3, -0.25) is 18.6 Å². The molecule has 0 radical (unpaired) electrons. The molecule has 1 heterocycles. The molecule has 13 nitrogen and oxygen atoms in total. The fourth-order valence-corrected chi connectivity index (χ4v) is 6.45. The van der Waals surface area contributed by atoms with Crippen LogP contribution in [0.2, 0.25) is 0 Å². The fourth-order valence-electron chi connectivity index (χ4n) is 4.29. The van der Waals surface area contributed by atoms with E-state index in [1.165, 1.54) is 16.4 Å². The van der Waals surface area contributed by atoms with Gasteiger partial charge < -0.3 is 34.2 Å². The van der Waals surface area contributed by atoms with E-state index >= 15 is 0 Å². The number of esters is 1. The topological polar surface area (TPSA) is 202 Å². The number of hydrogen-bond acceptors (Lipinski definition) is 8. The van der Waals surface area contributed by atoms with Gasteiger partial charge in [-0.1, -0.05) is 55.5 Å². The van der Waals surface area contributed by atoms with Crippen molar-refractivity contribution in [1.82, 2.24) is 15.0 Å². The largest absolute Gasteiger partial charge is 0.494 e. The molecule has 236 valence electrons. The van der Waals surface area contributed by atoms with Crippen LogP contribution in [0, 0.1) is 5.92 Å². The number of carbonyl (C=O) groups excluding carboxylic acids is 1. The van der Waals surface area contributed by atoms with Crippen LogP contribution < -0.4 is 4.74 Å². The van der Waals surface area contributed by atoms with Gasteiger partial charge in [-0.2, -0.15) is 0 Å². The number of hydrogen-bond donors (Lipinski definition) is 5. The number of carbonyl (C=O) groups is 1. The van der Waals surface area contributed by atoms with Gasteiger partial charge in [0.2, 0.25) is 0 Å². The third-order valence-corrected chi connectivity index (χ3v) is 10.7. The number of nitrogens with zero attached hydrogens (tertiary/aromatic N) is 3. The van der Waals surface area contributed by atoms with Crippen molar-refractivity contribution in [2.24, 2.45) is 5.92 Å². The van der Waals surface area contributed by atoms with Gasteiger partial charge in [-0.25, -0.2) is 0 Å². The standard InChI is InChI=1S/C28H39N3O10P2/c1-20(2)16-22-8-10-24(11-9-22)21(3)27(32)41-19-23-6-4-7-26(17-23)40-15-5-14-31-18-25(29-30-31)12-13-28(33,42(34,35)36)43(37,38)39/h4,6-11,17-18,20-21,33H,5,12-16,19H2,1-3H3,(H2,34,35,36)(H2,37,38,39). The summed E-state index contributed by atoms with van der Waals surface area (Å²) in [7, 11) is -11.1. The molecule has 0 saturated carbocycles. The van der Waals surface area contributed by atoms with Crippen LogP contribution in [-0.4, -0.2) is 57.3 Å². The lowest BCUT2D eigenvalue weighted by molar-refractivity contribution is -0.146. The first-order chi connectivity index (χ1) is 20.1. The predicted molar refractivity (Wildman–Crippen MR) is 157 cm³/mol. The molecule has 0 amide bonds. The van der Waals surface area contributed by atoms with E-state index in [4.69, 9.17) is 9.47 Å². The van der Waals surface area contributed by atoms with Crippen molar-refractivity contribution in [3.63, 3.8) is 0 Å². The Labute approximate surface area is 250 Å². The van der Waals surface area contributed by atoms with Crippen LogP contribution in [0.4, 0.5) is 0 Å². The second kappa shape index (κ2) is 14.7. The third-order valence-electron chi connectivity index (χ3n) is 6.79. The van der Waals surface area contributed by atoms with E-state index < -0.39 is 32.6 Å². The number of rotatable bonds is 16.